The van der Waals surface area contributed by atoms with Crippen LogP contribution >= 0.6 is 0 Å². The van der Waals surface area contributed by atoms with Crippen molar-refractivity contribution >= 4 is 38.5 Å². The van der Waals surface area contributed by atoms with E-state index >= 15 is 0 Å². The van der Waals surface area contributed by atoms with Gasteiger partial charge in [0.1, 0.15) is 12.1 Å². The van der Waals surface area contributed by atoms with Crippen LogP contribution in [0.1, 0.15) is 12.0 Å². The number of nitrogens with one attached hydrogen (secondary N) is 4. The third-order valence-corrected chi connectivity index (χ3v) is 6.08. The van der Waals surface area contributed by atoms with E-state index in [4.69, 9.17) is 9.47 Å². The lowest BCUT2D eigenvalue weighted by Gasteiger charge is -2.28. The lowest BCUT2D eigenvalue weighted by molar-refractivity contribution is -0.133. The number of sulfonamides is 1. The summed E-state index contributed by atoms with van der Waals surface area (Å²) in [6.45, 7) is 0.779. The van der Waals surface area contributed by atoms with Gasteiger partial charge in [-0.1, -0.05) is 42.5 Å². The van der Waals surface area contributed by atoms with E-state index in [2.05, 4.69) is 20.7 Å². The summed E-state index contributed by atoms with van der Waals surface area (Å²) in [5.41, 5.74) is 0.896. The van der Waals surface area contributed by atoms with Gasteiger partial charge < -0.3 is 25.4 Å². The second-order valence-electron chi connectivity index (χ2n) is 8.32. The Labute approximate surface area is 204 Å². The van der Waals surface area contributed by atoms with E-state index in [0.29, 0.717) is 13.2 Å². The van der Waals surface area contributed by atoms with Crippen molar-refractivity contribution in [1.82, 2.24) is 20.7 Å². The minimum atomic E-state index is -3.82. The fourth-order valence-corrected chi connectivity index (χ4v) is 4.32. The van der Waals surface area contributed by atoms with Gasteiger partial charge in [0.05, 0.1) is 38.5 Å². The van der Waals surface area contributed by atoms with Crippen LogP contribution in [0.15, 0.2) is 42.5 Å². The Kier molecular flexibility index (Phi) is 9.15. The van der Waals surface area contributed by atoms with Gasteiger partial charge in [0.2, 0.25) is 27.7 Å². The molecule has 0 aliphatic carbocycles. The quantitative estimate of drug-likeness (QED) is 0.300. The third kappa shape index (κ3) is 7.99. The van der Waals surface area contributed by atoms with Crippen LogP contribution in [0.5, 0.6) is 0 Å². The molecule has 1 heterocycles. The molecule has 1 saturated heterocycles. The van der Waals surface area contributed by atoms with Gasteiger partial charge in [0.25, 0.3) is 0 Å². The Hall–Kier alpha value is -3.06. The van der Waals surface area contributed by atoms with Gasteiger partial charge in [0, 0.05) is 13.7 Å². The minimum absolute atomic E-state index is 0.148. The van der Waals surface area contributed by atoms with Crippen LogP contribution in [-0.4, -0.2) is 77.5 Å². The molecule has 1 aliphatic rings. The van der Waals surface area contributed by atoms with Gasteiger partial charge >= 0.3 is 0 Å². The number of hydrogen-bond donors (Lipinski definition) is 4. The molecular weight excluding hydrogens is 476 g/mol. The Morgan fingerprint density at radius 2 is 1.77 bits per heavy atom. The summed E-state index contributed by atoms with van der Waals surface area (Å²) in [5.74, 6) is -1.85. The summed E-state index contributed by atoms with van der Waals surface area (Å²) in [5, 5.41) is 9.96. The van der Waals surface area contributed by atoms with E-state index in [9.17, 15) is 22.8 Å². The Balaban J connectivity index is 1.65. The van der Waals surface area contributed by atoms with Crippen LogP contribution in [0.3, 0.4) is 0 Å². The second kappa shape index (κ2) is 12.1. The first-order chi connectivity index (χ1) is 16.7. The van der Waals surface area contributed by atoms with E-state index in [1.807, 2.05) is 42.5 Å². The highest BCUT2D eigenvalue weighted by molar-refractivity contribution is 7.88. The fourth-order valence-electron chi connectivity index (χ4n) is 3.61. The molecule has 0 bridgehead atoms. The Bertz CT molecular complexity index is 1160. The molecule has 3 amide bonds. The zero-order chi connectivity index (χ0) is 25.4. The number of benzene rings is 2. The largest absolute Gasteiger partial charge is 0.382 e. The molecule has 2 aromatic rings. The average molecular weight is 507 g/mol. The predicted molar refractivity (Wildman–Crippen MR) is 129 cm³/mol. The van der Waals surface area contributed by atoms with Crippen LogP contribution in [0.4, 0.5) is 0 Å². The number of fused-ring (bicyclic) bond motifs is 1. The highest BCUT2D eigenvalue weighted by atomic mass is 32.2. The molecule has 0 saturated carbocycles. The normalized spacial score (nSPS) is 15.6. The highest BCUT2D eigenvalue weighted by Gasteiger charge is 2.30. The number of hydrogen-bond acceptors (Lipinski definition) is 7. The molecule has 3 rings (SSSR count). The van der Waals surface area contributed by atoms with Crippen LogP contribution in [0.25, 0.3) is 10.8 Å². The number of methoxy groups -OCH3 is 1. The number of amides is 3. The second-order valence-corrected chi connectivity index (χ2v) is 10.1. The monoisotopic (exact) mass is 506 g/mol. The maximum Gasteiger partial charge on any atom is 0.245 e. The van der Waals surface area contributed by atoms with Gasteiger partial charge in [-0.05, 0) is 16.3 Å². The topological polar surface area (TPSA) is 152 Å². The van der Waals surface area contributed by atoms with E-state index < -0.39 is 46.2 Å². The fraction of sp³-hybridized carbons (Fsp3) is 0.435. The standard InChI is InChI=1S/C23H30N4O7S/c1-33-14-20(22(29)24-11-16-8-5-7-15-6-3-4-9-18(15)16)26-23(30)19(27-35(2,31)32)10-21(28)25-17-12-34-13-17/h3-9,17,19-20,27H,10-14H2,1-2H3,(H,24,29)(H,25,28)(H,26,30). The summed E-state index contributed by atoms with van der Waals surface area (Å²) in [4.78, 5) is 38.0. The Morgan fingerprint density at radius 3 is 2.43 bits per heavy atom. The first kappa shape index (κ1) is 26.5. The molecule has 35 heavy (non-hydrogen) atoms. The third-order valence-electron chi connectivity index (χ3n) is 5.36. The van der Waals surface area contributed by atoms with Crippen LogP contribution in [-0.2, 0) is 40.4 Å². The maximum atomic E-state index is 12.9. The van der Waals surface area contributed by atoms with Crippen molar-refractivity contribution in [1.29, 1.82) is 0 Å². The number of carbonyl (C=O) groups is 3. The average Bonchev–Trinajstić information content (AvgIpc) is 2.78. The first-order valence-electron chi connectivity index (χ1n) is 11.0. The van der Waals surface area contributed by atoms with Crippen molar-refractivity contribution in [2.45, 2.75) is 31.1 Å². The van der Waals surface area contributed by atoms with Crippen molar-refractivity contribution in [3.05, 3.63) is 48.0 Å². The molecule has 0 radical (unpaired) electrons. The van der Waals surface area contributed by atoms with Crippen molar-refractivity contribution in [3.63, 3.8) is 0 Å². The number of carbonyl (C=O) groups excluding carboxylic acids is 3. The molecule has 1 fully saturated rings. The van der Waals surface area contributed by atoms with Gasteiger partial charge in [-0.2, -0.15) is 0 Å². The van der Waals surface area contributed by atoms with Gasteiger partial charge in [-0.3, -0.25) is 14.4 Å². The maximum absolute atomic E-state index is 12.9. The molecule has 0 spiro atoms. The molecule has 0 aromatic heterocycles. The van der Waals surface area contributed by atoms with E-state index in [0.717, 1.165) is 22.6 Å². The van der Waals surface area contributed by atoms with Gasteiger partial charge in [-0.15, -0.1) is 0 Å². The SMILES string of the molecule is COCC(NC(=O)C(CC(=O)NC1COC1)NS(C)(=O)=O)C(=O)NCc1cccc2ccccc12. The zero-order valence-electron chi connectivity index (χ0n) is 19.6. The summed E-state index contributed by atoms with van der Waals surface area (Å²) in [6, 6.07) is 10.8. The van der Waals surface area contributed by atoms with E-state index in [-0.39, 0.29) is 19.2 Å². The highest BCUT2D eigenvalue weighted by Crippen LogP contribution is 2.18. The van der Waals surface area contributed by atoms with Crippen molar-refractivity contribution in [2.75, 3.05) is 33.2 Å². The lowest BCUT2D eigenvalue weighted by Crippen LogP contribution is -2.56. The first-order valence-corrected chi connectivity index (χ1v) is 12.9. The summed E-state index contributed by atoms with van der Waals surface area (Å²) >= 11 is 0. The van der Waals surface area contributed by atoms with Crippen molar-refractivity contribution < 1.29 is 32.3 Å². The predicted octanol–water partition coefficient (Wildman–Crippen LogP) is -0.590. The molecule has 2 unspecified atom stereocenters. The molecule has 2 atom stereocenters. The summed E-state index contributed by atoms with van der Waals surface area (Å²) in [7, 11) is -2.44. The molecule has 11 nitrogen and oxygen atoms in total. The molecule has 190 valence electrons. The lowest BCUT2D eigenvalue weighted by atomic mass is 10.0. The van der Waals surface area contributed by atoms with Gasteiger partial charge in [-0.25, -0.2) is 13.1 Å². The Morgan fingerprint density at radius 1 is 1.06 bits per heavy atom. The smallest absolute Gasteiger partial charge is 0.245 e. The van der Waals surface area contributed by atoms with E-state index in [1.165, 1.54) is 7.11 Å². The molecule has 2 aromatic carbocycles. The zero-order valence-corrected chi connectivity index (χ0v) is 20.4. The van der Waals surface area contributed by atoms with Crippen molar-refractivity contribution in [2.24, 2.45) is 0 Å². The van der Waals surface area contributed by atoms with E-state index in [1.54, 1.807) is 0 Å². The molecule has 1 aliphatic heterocycles. The minimum Gasteiger partial charge on any atom is -0.382 e. The van der Waals surface area contributed by atoms with Crippen LogP contribution in [0.2, 0.25) is 0 Å². The van der Waals surface area contributed by atoms with Crippen molar-refractivity contribution in [3.8, 4) is 0 Å². The molecule has 12 heteroatoms. The summed E-state index contributed by atoms with van der Waals surface area (Å²) < 4.78 is 35.8. The number of rotatable bonds is 12. The van der Waals surface area contributed by atoms with Gasteiger partial charge in [0.15, 0.2) is 0 Å². The van der Waals surface area contributed by atoms with Crippen LogP contribution < -0.4 is 20.7 Å². The molecular formula is C23H30N4O7S. The van der Waals surface area contributed by atoms with Crippen LogP contribution in [0, 0.1) is 0 Å². The number of ether oxygens (including phenoxy) is 2. The summed E-state index contributed by atoms with van der Waals surface area (Å²) in [6.07, 6.45) is 0.446. The molecule has 4 N–H and O–H groups in total.